The van der Waals surface area contributed by atoms with Gasteiger partial charge in [-0.15, -0.1) is 0 Å². The minimum Gasteiger partial charge on any atom is -0.469 e. The third kappa shape index (κ3) is 5.45. The van der Waals surface area contributed by atoms with E-state index in [1.165, 1.54) is 0 Å². The molecule has 1 saturated heterocycles. The van der Waals surface area contributed by atoms with Crippen molar-refractivity contribution in [2.75, 3.05) is 20.3 Å². The van der Waals surface area contributed by atoms with Gasteiger partial charge in [-0.25, -0.2) is 9.69 Å². The maximum Gasteiger partial charge on any atom is 0.401 e. The molecule has 0 spiro atoms. The molecule has 7 nitrogen and oxygen atoms in total. The SMILES string of the molecule is COC(=O)C[C@@H]1NC(=O)N(CN(Cc2ccccc2)CC(F)(F)F)C1=O. The summed E-state index contributed by atoms with van der Waals surface area (Å²) in [5, 5.41) is 2.28. The molecule has 1 aliphatic rings. The second-order valence-corrected chi connectivity index (χ2v) is 5.78. The van der Waals surface area contributed by atoms with Crippen molar-refractivity contribution in [2.24, 2.45) is 0 Å². The number of esters is 1. The number of nitrogens with one attached hydrogen (secondary N) is 1. The lowest BCUT2D eigenvalue weighted by Crippen LogP contribution is -2.45. The Morgan fingerprint density at radius 2 is 1.92 bits per heavy atom. The minimum atomic E-state index is -4.50. The molecule has 2 rings (SSSR count). The van der Waals surface area contributed by atoms with E-state index in [0.717, 1.165) is 12.0 Å². The van der Waals surface area contributed by atoms with Crippen LogP contribution in [0, 0.1) is 0 Å². The highest BCUT2D eigenvalue weighted by Gasteiger charge is 2.41. The fourth-order valence-electron chi connectivity index (χ4n) is 2.55. The molecule has 142 valence electrons. The zero-order chi connectivity index (χ0) is 19.3. The van der Waals surface area contributed by atoms with E-state index in [0.29, 0.717) is 10.5 Å². The Bertz CT molecular complexity index is 666. The molecule has 1 heterocycles. The van der Waals surface area contributed by atoms with Gasteiger partial charge in [0.05, 0.1) is 26.7 Å². The summed E-state index contributed by atoms with van der Waals surface area (Å²) < 4.78 is 43.0. The summed E-state index contributed by atoms with van der Waals surface area (Å²) in [6.07, 6.45) is -4.88. The van der Waals surface area contributed by atoms with Crippen LogP contribution >= 0.6 is 0 Å². The van der Waals surface area contributed by atoms with Crippen LogP contribution in [-0.2, 0) is 20.9 Å². The number of amides is 3. The van der Waals surface area contributed by atoms with Crippen molar-refractivity contribution in [1.82, 2.24) is 15.1 Å². The van der Waals surface area contributed by atoms with Crippen molar-refractivity contribution in [2.45, 2.75) is 25.2 Å². The number of carbonyl (C=O) groups excluding carboxylic acids is 3. The zero-order valence-electron chi connectivity index (χ0n) is 14.0. The quantitative estimate of drug-likeness (QED) is 0.579. The molecule has 3 amide bonds. The molecular weight excluding hydrogens is 355 g/mol. The maximum absolute atomic E-state index is 12.9. The topological polar surface area (TPSA) is 79.0 Å². The summed E-state index contributed by atoms with van der Waals surface area (Å²) in [4.78, 5) is 37.1. The molecule has 0 unspecified atom stereocenters. The van der Waals surface area contributed by atoms with E-state index in [2.05, 4.69) is 10.1 Å². The average molecular weight is 373 g/mol. The Morgan fingerprint density at radius 1 is 1.27 bits per heavy atom. The molecule has 0 saturated carbocycles. The van der Waals surface area contributed by atoms with Crippen LogP contribution in [0.5, 0.6) is 0 Å². The van der Waals surface area contributed by atoms with E-state index in [-0.39, 0.29) is 13.0 Å². The average Bonchev–Trinajstić information content (AvgIpc) is 2.81. The van der Waals surface area contributed by atoms with E-state index in [1.807, 2.05) is 0 Å². The summed E-state index contributed by atoms with van der Waals surface area (Å²) in [6, 6.07) is 6.41. The Labute approximate surface area is 147 Å². The lowest BCUT2D eigenvalue weighted by molar-refractivity contribution is -0.153. The van der Waals surface area contributed by atoms with Gasteiger partial charge in [-0.3, -0.25) is 14.5 Å². The first-order valence-electron chi connectivity index (χ1n) is 7.71. The molecule has 1 aromatic carbocycles. The largest absolute Gasteiger partial charge is 0.469 e. The van der Waals surface area contributed by atoms with E-state index in [9.17, 15) is 27.6 Å². The van der Waals surface area contributed by atoms with Crippen LogP contribution in [0.15, 0.2) is 30.3 Å². The number of benzene rings is 1. The molecular formula is C16H18F3N3O4. The Morgan fingerprint density at radius 3 is 2.50 bits per heavy atom. The molecule has 1 aliphatic heterocycles. The lowest BCUT2D eigenvalue weighted by atomic mass is 10.2. The van der Waals surface area contributed by atoms with E-state index in [4.69, 9.17) is 0 Å². The van der Waals surface area contributed by atoms with E-state index < -0.39 is 43.3 Å². The van der Waals surface area contributed by atoms with Crippen molar-refractivity contribution in [3.05, 3.63) is 35.9 Å². The highest BCUT2D eigenvalue weighted by Crippen LogP contribution is 2.20. The van der Waals surface area contributed by atoms with Gasteiger partial charge in [0.25, 0.3) is 5.91 Å². The predicted molar refractivity (Wildman–Crippen MR) is 83.6 cm³/mol. The molecule has 1 fully saturated rings. The first-order chi connectivity index (χ1) is 12.2. The Hall–Kier alpha value is -2.62. The van der Waals surface area contributed by atoms with Crippen LogP contribution in [0.1, 0.15) is 12.0 Å². The molecule has 0 aromatic heterocycles. The van der Waals surface area contributed by atoms with Crippen LogP contribution in [0.25, 0.3) is 0 Å². The van der Waals surface area contributed by atoms with Gasteiger partial charge in [-0.2, -0.15) is 13.2 Å². The second-order valence-electron chi connectivity index (χ2n) is 5.78. The van der Waals surface area contributed by atoms with Crippen LogP contribution in [0.2, 0.25) is 0 Å². The number of ether oxygens (including phenoxy) is 1. The number of hydrogen-bond acceptors (Lipinski definition) is 5. The van der Waals surface area contributed by atoms with Gasteiger partial charge in [0, 0.05) is 6.54 Å². The highest BCUT2D eigenvalue weighted by atomic mass is 19.4. The van der Waals surface area contributed by atoms with Crippen molar-refractivity contribution < 1.29 is 32.3 Å². The summed E-state index contributed by atoms with van der Waals surface area (Å²) in [5.74, 6) is -1.47. The number of carbonyl (C=O) groups is 3. The van der Waals surface area contributed by atoms with Gasteiger partial charge in [0.2, 0.25) is 0 Å². The maximum atomic E-state index is 12.9. The van der Waals surface area contributed by atoms with Crippen molar-refractivity contribution in [3.8, 4) is 0 Å². The Kier molecular flexibility index (Phi) is 6.19. The third-order valence-corrected chi connectivity index (χ3v) is 3.70. The molecule has 0 bridgehead atoms. The summed E-state index contributed by atoms with van der Waals surface area (Å²) in [7, 11) is 1.13. The molecule has 1 N–H and O–H groups in total. The van der Waals surface area contributed by atoms with E-state index in [1.54, 1.807) is 30.3 Å². The molecule has 26 heavy (non-hydrogen) atoms. The summed E-state index contributed by atoms with van der Waals surface area (Å²) in [6.45, 7) is -1.93. The van der Waals surface area contributed by atoms with E-state index >= 15 is 0 Å². The molecule has 10 heteroatoms. The predicted octanol–water partition coefficient (Wildman–Crippen LogP) is 1.49. The zero-order valence-corrected chi connectivity index (χ0v) is 14.0. The smallest absolute Gasteiger partial charge is 0.401 e. The highest BCUT2D eigenvalue weighted by molar-refractivity contribution is 6.05. The summed E-state index contributed by atoms with van der Waals surface area (Å²) in [5.41, 5.74) is 0.606. The fraction of sp³-hybridized carbons (Fsp3) is 0.438. The minimum absolute atomic E-state index is 0.0981. The number of urea groups is 1. The molecule has 0 radical (unpaired) electrons. The molecule has 0 aliphatic carbocycles. The van der Waals surface area contributed by atoms with Crippen molar-refractivity contribution in [1.29, 1.82) is 0 Å². The van der Waals surface area contributed by atoms with Crippen LogP contribution in [-0.4, -0.2) is 60.2 Å². The number of methoxy groups -OCH3 is 1. The van der Waals surface area contributed by atoms with Gasteiger partial charge < -0.3 is 10.1 Å². The first kappa shape index (κ1) is 19.7. The number of hydrogen-bond donors (Lipinski definition) is 1. The first-order valence-corrected chi connectivity index (χ1v) is 7.71. The number of halogens is 3. The fourth-order valence-corrected chi connectivity index (χ4v) is 2.55. The Balaban J connectivity index is 2.10. The monoisotopic (exact) mass is 373 g/mol. The van der Waals surface area contributed by atoms with Crippen molar-refractivity contribution in [3.63, 3.8) is 0 Å². The molecule has 1 aromatic rings. The second kappa shape index (κ2) is 8.17. The van der Waals surface area contributed by atoms with Crippen LogP contribution in [0.4, 0.5) is 18.0 Å². The lowest BCUT2D eigenvalue weighted by Gasteiger charge is -2.27. The standard InChI is InChI=1S/C16H18F3N3O4/c1-26-13(23)7-12-14(24)22(15(25)20-12)10-21(9-16(17,18)19)8-11-5-3-2-4-6-11/h2-6,12H,7-10H2,1H3,(H,20,25)/t12-/m0/s1. The van der Waals surface area contributed by atoms with Gasteiger partial charge in [0.1, 0.15) is 6.04 Å². The van der Waals surface area contributed by atoms with Gasteiger partial charge >= 0.3 is 18.2 Å². The number of nitrogens with zero attached hydrogens (tertiary/aromatic N) is 2. The number of alkyl halides is 3. The van der Waals surface area contributed by atoms with Crippen molar-refractivity contribution >= 4 is 17.9 Å². The normalized spacial score (nSPS) is 17.6. The third-order valence-electron chi connectivity index (χ3n) is 3.70. The summed E-state index contributed by atoms with van der Waals surface area (Å²) >= 11 is 0. The van der Waals surface area contributed by atoms with Crippen LogP contribution < -0.4 is 5.32 Å². The van der Waals surface area contributed by atoms with Gasteiger partial charge in [0.15, 0.2) is 0 Å². The molecule has 1 atom stereocenters. The van der Waals surface area contributed by atoms with Gasteiger partial charge in [-0.1, -0.05) is 30.3 Å². The van der Waals surface area contributed by atoms with Crippen LogP contribution in [0.3, 0.4) is 0 Å². The number of imide groups is 1. The van der Waals surface area contributed by atoms with Gasteiger partial charge in [-0.05, 0) is 5.56 Å². The number of rotatable bonds is 7.